The number of carboxylic acids is 1. The maximum atomic E-state index is 14.9. The third-order valence-corrected chi connectivity index (χ3v) is 4.95. The van der Waals surface area contributed by atoms with Crippen molar-refractivity contribution in [3.8, 4) is 0 Å². The topological polar surface area (TPSA) is 86.6 Å². The molecule has 1 aromatic heterocycles. The largest absolute Gasteiger partial charge is 0.477 e. The molecule has 2 aromatic rings. The van der Waals surface area contributed by atoms with Crippen LogP contribution in [-0.2, 0) is 0 Å². The molecule has 0 amide bonds. The first-order valence-corrected chi connectivity index (χ1v) is 8.33. The SMILES string of the molecule is C[C@H]1CNc2c(N3CCNCC3)c(F)cc3c(=O)c(C(=O)O)cn1c23. The zero-order valence-electron chi connectivity index (χ0n) is 13.8. The lowest BCUT2D eigenvalue weighted by atomic mass is 10.0. The summed E-state index contributed by atoms with van der Waals surface area (Å²) in [5, 5.41) is 15.9. The number of hydrogen-bond donors (Lipinski definition) is 3. The molecule has 2 aliphatic heterocycles. The predicted molar refractivity (Wildman–Crippen MR) is 93.4 cm³/mol. The second kappa shape index (κ2) is 5.73. The summed E-state index contributed by atoms with van der Waals surface area (Å²) < 4.78 is 16.7. The van der Waals surface area contributed by atoms with Gasteiger partial charge in [-0.3, -0.25) is 4.79 Å². The average molecular weight is 346 g/mol. The Morgan fingerprint density at radius 1 is 1.36 bits per heavy atom. The van der Waals surface area contributed by atoms with Gasteiger partial charge in [-0.2, -0.15) is 0 Å². The highest BCUT2D eigenvalue weighted by molar-refractivity contribution is 6.02. The fraction of sp³-hybridized carbons (Fsp3) is 0.412. The Labute approximate surface area is 143 Å². The number of piperazine rings is 1. The average Bonchev–Trinajstić information content (AvgIpc) is 2.60. The highest BCUT2D eigenvalue weighted by Gasteiger charge is 2.29. The molecule has 0 radical (unpaired) electrons. The van der Waals surface area contributed by atoms with Gasteiger partial charge in [0.05, 0.1) is 22.3 Å². The van der Waals surface area contributed by atoms with Crippen molar-refractivity contribution in [1.82, 2.24) is 9.88 Å². The minimum absolute atomic E-state index is 0.0463. The number of aromatic nitrogens is 1. The van der Waals surface area contributed by atoms with E-state index in [0.717, 1.165) is 13.1 Å². The maximum absolute atomic E-state index is 14.9. The van der Waals surface area contributed by atoms with Gasteiger partial charge in [0.15, 0.2) is 0 Å². The number of aromatic carboxylic acids is 1. The molecule has 1 saturated heterocycles. The smallest absolute Gasteiger partial charge is 0.341 e. The van der Waals surface area contributed by atoms with Gasteiger partial charge in [-0.05, 0) is 13.0 Å². The summed E-state index contributed by atoms with van der Waals surface area (Å²) >= 11 is 0. The maximum Gasteiger partial charge on any atom is 0.341 e. The molecule has 0 unspecified atom stereocenters. The molecule has 0 bridgehead atoms. The fourth-order valence-corrected chi connectivity index (χ4v) is 3.69. The highest BCUT2D eigenvalue weighted by atomic mass is 19.1. The Bertz CT molecular complexity index is 934. The van der Waals surface area contributed by atoms with Crippen LogP contribution in [-0.4, -0.2) is 48.4 Å². The summed E-state index contributed by atoms with van der Waals surface area (Å²) in [6.45, 7) is 5.33. The third-order valence-electron chi connectivity index (χ3n) is 4.95. The Kier molecular flexibility index (Phi) is 3.64. The van der Waals surface area contributed by atoms with Crippen molar-refractivity contribution in [2.45, 2.75) is 13.0 Å². The van der Waals surface area contributed by atoms with Crippen molar-refractivity contribution < 1.29 is 14.3 Å². The molecule has 8 heteroatoms. The lowest BCUT2D eigenvalue weighted by Gasteiger charge is -2.35. The number of pyridine rings is 1. The van der Waals surface area contributed by atoms with E-state index >= 15 is 0 Å². The molecule has 1 aromatic carbocycles. The molecule has 0 spiro atoms. The molecule has 4 rings (SSSR count). The van der Waals surface area contributed by atoms with E-state index in [2.05, 4.69) is 10.6 Å². The van der Waals surface area contributed by atoms with Crippen LogP contribution in [0.25, 0.3) is 10.9 Å². The Balaban J connectivity index is 2.06. The summed E-state index contributed by atoms with van der Waals surface area (Å²) in [4.78, 5) is 25.9. The minimum Gasteiger partial charge on any atom is -0.477 e. The van der Waals surface area contributed by atoms with Gasteiger partial charge in [0.25, 0.3) is 0 Å². The standard InChI is InChI=1S/C17H19FN4O3/c1-9-7-20-13-14-10(16(23)11(17(24)25)8-22(9)14)6-12(18)15(13)21-4-2-19-3-5-21/h6,8-9,19-20H,2-5,7H2,1H3,(H,24,25)/t9-/m0/s1. The van der Waals surface area contributed by atoms with Crippen LogP contribution in [0.5, 0.6) is 0 Å². The minimum atomic E-state index is -1.30. The van der Waals surface area contributed by atoms with Crippen LogP contribution in [0.4, 0.5) is 15.8 Å². The summed E-state index contributed by atoms with van der Waals surface area (Å²) in [5.41, 5.74) is 0.619. The van der Waals surface area contributed by atoms with Crippen molar-refractivity contribution in [3.63, 3.8) is 0 Å². The van der Waals surface area contributed by atoms with Crippen molar-refractivity contribution in [1.29, 1.82) is 0 Å². The zero-order valence-corrected chi connectivity index (χ0v) is 13.8. The van der Waals surface area contributed by atoms with Crippen molar-refractivity contribution in [2.24, 2.45) is 0 Å². The molecule has 25 heavy (non-hydrogen) atoms. The van der Waals surface area contributed by atoms with E-state index in [0.29, 0.717) is 36.5 Å². The van der Waals surface area contributed by atoms with Gasteiger partial charge in [0.1, 0.15) is 11.4 Å². The van der Waals surface area contributed by atoms with Gasteiger partial charge in [-0.25, -0.2) is 9.18 Å². The van der Waals surface area contributed by atoms with E-state index in [1.54, 1.807) is 4.57 Å². The second-order valence-electron chi connectivity index (χ2n) is 6.53. The zero-order chi connectivity index (χ0) is 17.7. The number of hydrogen-bond acceptors (Lipinski definition) is 5. The van der Waals surface area contributed by atoms with Crippen LogP contribution >= 0.6 is 0 Å². The lowest BCUT2D eigenvalue weighted by Crippen LogP contribution is -2.44. The normalized spacial score (nSPS) is 19.8. The molecule has 3 N–H and O–H groups in total. The molecule has 0 aliphatic carbocycles. The second-order valence-corrected chi connectivity index (χ2v) is 6.53. The number of nitrogens with zero attached hydrogens (tertiary/aromatic N) is 2. The number of nitrogens with one attached hydrogen (secondary N) is 2. The first-order chi connectivity index (χ1) is 12.0. The van der Waals surface area contributed by atoms with E-state index < -0.39 is 17.2 Å². The molecule has 132 valence electrons. The fourth-order valence-electron chi connectivity index (χ4n) is 3.69. The molecule has 3 heterocycles. The summed E-state index contributed by atoms with van der Waals surface area (Å²) in [5.74, 6) is -1.80. The van der Waals surface area contributed by atoms with E-state index in [9.17, 15) is 19.1 Å². The monoisotopic (exact) mass is 346 g/mol. The molecule has 0 saturated carbocycles. The van der Waals surface area contributed by atoms with E-state index in [1.807, 2.05) is 11.8 Å². The van der Waals surface area contributed by atoms with Crippen LogP contribution in [0.2, 0.25) is 0 Å². The molecular weight excluding hydrogens is 327 g/mol. The van der Waals surface area contributed by atoms with Gasteiger partial charge < -0.3 is 25.2 Å². The Hall–Kier alpha value is -2.61. The number of carboxylic acid groups (broad SMARTS) is 1. The summed E-state index contributed by atoms with van der Waals surface area (Å²) in [6.07, 6.45) is 1.38. The number of rotatable bonds is 2. The van der Waals surface area contributed by atoms with Gasteiger partial charge in [0.2, 0.25) is 5.43 Å². The summed E-state index contributed by atoms with van der Waals surface area (Å²) in [6, 6.07) is 1.14. The quantitative estimate of drug-likeness (QED) is 0.758. The van der Waals surface area contributed by atoms with Gasteiger partial charge >= 0.3 is 5.97 Å². The van der Waals surface area contributed by atoms with Gasteiger partial charge in [-0.15, -0.1) is 0 Å². The number of halogens is 1. The summed E-state index contributed by atoms with van der Waals surface area (Å²) in [7, 11) is 0. The van der Waals surface area contributed by atoms with Gasteiger partial charge in [-0.1, -0.05) is 0 Å². The first-order valence-electron chi connectivity index (χ1n) is 8.33. The first kappa shape index (κ1) is 15.9. The predicted octanol–water partition coefficient (Wildman–Crippen LogP) is 1.23. The molecule has 1 fully saturated rings. The van der Waals surface area contributed by atoms with Crippen LogP contribution < -0.4 is 21.0 Å². The number of benzene rings is 1. The van der Waals surface area contributed by atoms with E-state index in [-0.39, 0.29) is 17.0 Å². The van der Waals surface area contributed by atoms with Crippen LogP contribution in [0.15, 0.2) is 17.1 Å². The van der Waals surface area contributed by atoms with Gasteiger partial charge in [0, 0.05) is 45.0 Å². The van der Waals surface area contributed by atoms with Crippen LogP contribution in [0.3, 0.4) is 0 Å². The molecular formula is C17H19FN4O3. The highest BCUT2D eigenvalue weighted by Crippen LogP contribution is 2.39. The lowest BCUT2D eigenvalue weighted by molar-refractivity contribution is 0.0694. The number of carbonyl (C=O) groups is 1. The van der Waals surface area contributed by atoms with Crippen molar-refractivity contribution in [2.75, 3.05) is 42.9 Å². The number of anilines is 2. The van der Waals surface area contributed by atoms with E-state index in [4.69, 9.17) is 0 Å². The third kappa shape index (κ3) is 2.36. The van der Waals surface area contributed by atoms with Crippen LogP contribution in [0, 0.1) is 5.82 Å². The van der Waals surface area contributed by atoms with E-state index in [1.165, 1.54) is 12.3 Å². The Morgan fingerprint density at radius 2 is 2.08 bits per heavy atom. The van der Waals surface area contributed by atoms with Crippen molar-refractivity contribution >= 4 is 28.2 Å². The van der Waals surface area contributed by atoms with Crippen molar-refractivity contribution in [3.05, 3.63) is 33.9 Å². The Morgan fingerprint density at radius 3 is 2.76 bits per heavy atom. The molecule has 2 aliphatic rings. The molecule has 1 atom stereocenters. The molecule has 7 nitrogen and oxygen atoms in total. The van der Waals surface area contributed by atoms with Crippen LogP contribution in [0.1, 0.15) is 23.3 Å².